The van der Waals surface area contributed by atoms with Crippen LogP contribution in [0.1, 0.15) is 74.7 Å². The van der Waals surface area contributed by atoms with Crippen LogP contribution in [0.15, 0.2) is 24.3 Å². The first-order chi connectivity index (χ1) is 9.17. The van der Waals surface area contributed by atoms with E-state index in [0.29, 0.717) is 11.7 Å². The van der Waals surface area contributed by atoms with Crippen molar-refractivity contribution in [1.82, 2.24) is 0 Å². The molecule has 0 fully saturated rings. The van der Waals surface area contributed by atoms with Gasteiger partial charge in [0.1, 0.15) is 0 Å². The molecule has 0 heterocycles. The highest BCUT2D eigenvalue weighted by molar-refractivity contribution is 5.96. The van der Waals surface area contributed by atoms with Crippen LogP contribution in [0.5, 0.6) is 0 Å². The van der Waals surface area contributed by atoms with Crippen molar-refractivity contribution in [3.05, 3.63) is 35.4 Å². The molecule has 1 aromatic carbocycles. The molecule has 1 rings (SSSR count). The van der Waals surface area contributed by atoms with E-state index in [4.69, 9.17) is 0 Å². The molecule has 19 heavy (non-hydrogen) atoms. The first-order valence-electron chi connectivity index (χ1n) is 7.77. The van der Waals surface area contributed by atoms with E-state index < -0.39 is 0 Å². The Morgan fingerprint density at radius 3 is 2.00 bits per heavy atom. The van der Waals surface area contributed by atoms with Crippen LogP contribution < -0.4 is 0 Å². The Balaban J connectivity index is 2.56. The molecule has 0 aliphatic carbocycles. The fraction of sp³-hybridized carbons (Fsp3) is 0.611. The van der Waals surface area contributed by atoms with Gasteiger partial charge in [0.15, 0.2) is 5.78 Å². The van der Waals surface area contributed by atoms with E-state index in [9.17, 15) is 4.79 Å². The Labute approximate surface area is 118 Å². The summed E-state index contributed by atoms with van der Waals surface area (Å²) >= 11 is 0. The van der Waals surface area contributed by atoms with Crippen molar-refractivity contribution in [3.8, 4) is 0 Å². The number of rotatable bonds is 9. The summed E-state index contributed by atoms with van der Waals surface area (Å²) in [6, 6.07) is 7.99. The Bertz CT molecular complexity index is 356. The molecule has 1 nitrogen and oxygen atoms in total. The van der Waals surface area contributed by atoms with Crippen LogP contribution in [-0.2, 0) is 0 Å². The zero-order valence-electron chi connectivity index (χ0n) is 12.7. The Morgan fingerprint density at radius 2 is 1.53 bits per heavy atom. The van der Waals surface area contributed by atoms with E-state index >= 15 is 0 Å². The lowest BCUT2D eigenvalue weighted by Gasteiger charge is -2.15. The van der Waals surface area contributed by atoms with E-state index in [-0.39, 0.29) is 0 Å². The largest absolute Gasteiger partial charge is 0.294 e. The summed E-state index contributed by atoms with van der Waals surface area (Å²) in [5.74, 6) is 0.894. The molecule has 0 atom stereocenters. The van der Waals surface area contributed by atoms with Crippen molar-refractivity contribution in [2.45, 2.75) is 65.7 Å². The fourth-order valence-electron chi connectivity index (χ4n) is 2.45. The number of hydrogen-bond acceptors (Lipinski definition) is 1. The standard InChI is InChI=1S/C18H28O/c1-4-6-8-16(9-7-5-2)14-18(19)17-12-10-15(3)11-13-17/h10-13,16H,4-9,14H2,1-3H3. The number of unbranched alkanes of at least 4 members (excludes halogenated alkanes) is 2. The maximum atomic E-state index is 12.3. The molecule has 0 spiro atoms. The van der Waals surface area contributed by atoms with E-state index in [1.165, 1.54) is 44.1 Å². The first-order valence-corrected chi connectivity index (χ1v) is 7.77. The van der Waals surface area contributed by atoms with Gasteiger partial charge in [-0.05, 0) is 12.8 Å². The maximum absolute atomic E-state index is 12.3. The second kappa shape index (κ2) is 8.90. The molecule has 1 heteroatoms. The predicted molar refractivity (Wildman–Crippen MR) is 82.7 cm³/mol. The summed E-state index contributed by atoms with van der Waals surface area (Å²) in [5, 5.41) is 0. The molecule has 106 valence electrons. The quantitative estimate of drug-likeness (QED) is 0.531. The minimum absolute atomic E-state index is 0.317. The maximum Gasteiger partial charge on any atom is 0.163 e. The summed E-state index contributed by atoms with van der Waals surface area (Å²) in [4.78, 5) is 12.3. The van der Waals surface area contributed by atoms with Crippen molar-refractivity contribution in [3.63, 3.8) is 0 Å². The van der Waals surface area contributed by atoms with Gasteiger partial charge >= 0.3 is 0 Å². The molecule has 0 bridgehead atoms. The molecular weight excluding hydrogens is 232 g/mol. The number of carbonyl (C=O) groups excluding carboxylic acids is 1. The van der Waals surface area contributed by atoms with Gasteiger partial charge in [-0.25, -0.2) is 0 Å². The van der Waals surface area contributed by atoms with Crippen molar-refractivity contribution < 1.29 is 4.79 Å². The first kappa shape index (κ1) is 15.9. The molecule has 0 amide bonds. The van der Waals surface area contributed by atoms with Crippen LogP contribution in [0.4, 0.5) is 0 Å². The Morgan fingerprint density at radius 1 is 1.00 bits per heavy atom. The summed E-state index contributed by atoms with van der Waals surface area (Å²) < 4.78 is 0. The molecule has 0 saturated carbocycles. The van der Waals surface area contributed by atoms with Gasteiger partial charge in [0.25, 0.3) is 0 Å². The molecular formula is C18H28O. The third-order valence-corrected chi connectivity index (χ3v) is 3.78. The highest BCUT2D eigenvalue weighted by atomic mass is 16.1. The van der Waals surface area contributed by atoms with Gasteiger partial charge in [-0.1, -0.05) is 82.2 Å². The number of hydrogen-bond donors (Lipinski definition) is 0. The molecule has 1 aromatic rings. The minimum Gasteiger partial charge on any atom is -0.294 e. The lowest BCUT2D eigenvalue weighted by molar-refractivity contribution is 0.0955. The molecule has 0 aliphatic rings. The van der Waals surface area contributed by atoms with Crippen molar-refractivity contribution in [1.29, 1.82) is 0 Å². The van der Waals surface area contributed by atoms with Crippen LogP contribution >= 0.6 is 0 Å². The predicted octanol–water partition coefficient (Wildman–Crippen LogP) is 5.56. The van der Waals surface area contributed by atoms with E-state index in [1.807, 2.05) is 24.3 Å². The SMILES string of the molecule is CCCCC(CCCC)CC(=O)c1ccc(C)cc1. The van der Waals surface area contributed by atoms with E-state index in [0.717, 1.165) is 12.0 Å². The third kappa shape index (κ3) is 6.04. The average molecular weight is 260 g/mol. The number of benzene rings is 1. The number of Topliss-reactive ketones (excluding diaryl/α,β-unsaturated/α-hetero) is 1. The summed E-state index contributed by atoms with van der Waals surface area (Å²) in [7, 11) is 0. The van der Waals surface area contributed by atoms with Crippen LogP contribution in [0.2, 0.25) is 0 Å². The molecule has 0 unspecified atom stereocenters. The van der Waals surface area contributed by atoms with Gasteiger partial charge in [0.05, 0.1) is 0 Å². The zero-order chi connectivity index (χ0) is 14.1. The lowest BCUT2D eigenvalue weighted by Crippen LogP contribution is -2.09. The third-order valence-electron chi connectivity index (χ3n) is 3.78. The monoisotopic (exact) mass is 260 g/mol. The zero-order valence-corrected chi connectivity index (χ0v) is 12.7. The van der Waals surface area contributed by atoms with E-state index in [2.05, 4.69) is 20.8 Å². The van der Waals surface area contributed by atoms with Gasteiger partial charge in [0, 0.05) is 12.0 Å². The minimum atomic E-state index is 0.317. The van der Waals surface area contributed by atoms with Gasteiger partial charge in [-0.2, -0.15) is 0 Å². The smallest absolute Gasteiger partial charge is 0.163 e. The second-order valence-corrected chi connectivity index (χ2v) is 5.64. The molecule has 0 aliphatic heterocycles. The van der Waals surface area contributed by atoms with Crippen molar-refractivity contribution in [2.24, 2.45) is 5.92 Å². The van der Waals surface area contributed by atoms with Gasteiger partial charge < -0.3 is 0 Å². The molecule has 0 N–H and O–H groups in total. The average Bonchev–Trinajstić information content (AvgIpc) is 2.42. The Hall–Kier alpha value is -1.11. The van der Waals surface area contributed by atoms with Crippen LogP contribution in [0, 0.1) is 12.8 Å². The lowest BCUT2D eigenvalue weighted by atomic mass is 9.89. The summed E-state index contributed by atoms with van der Waals surface area (Å²) in [6.45, 7) is 6.50. The van der Waals surface area contributed by atoms with Gasteiger partial charge in [0.2, 0.25) is 0 Å². The van der Waals surface area contributed by atoms with Crippen LogP contribution in [0.3, 0.4) is 0 Å². The normalized spacial score (nSPS) is 10.9. The van der Waals surface area contributed by atoms with Crippen LogP contribution in [0.25, 0.3) is 0 Å². The molecule has 0 saturated heterocycles. The Kier molecular flexibility index (Phi) is 7.47. The van der Waals surface area contributed by atoms with Crippen molar-refractivity contribution >= 4 is 5.78 Å². The second-order valence-electron chi connectivity index (χ2n) is 5.64. The highest BCUT2D eigenvalue weighted by Crippen LogP contribution is 2.22. The molecule has 0 radical (unpaired) electrons. The fourth-order valence-corrected chi connectivity index (χ4v) is 2.45. The van der Waals surface area contributed by atoms with Crippen LogP contribution in [-0.4, -0.2) is 5.78 Å². The van der Waals surface area contributed by atoms with E-state index in [1.54, 1.807) is 0 Å². The topological polar surface area (TPSA) is 17.1 Å². The van der Waals surface area contributed by atoms with Gasteiger partial charge in [-0.15, -0.1) is 0 Å². The van der Waals surface area contributed by atoms with Gasteiger partial charge in [-0.3, -0.25) is 4.79 Å². The number of ketones is 1. The molecule has 0 aromatic heterocycles. The number of aryl methyl sites for hydroxylation is 1. The summed E-state index contributed by atoms with van der Waals surface area (Å²) in [5.41, 5.74) is 2.09. The van der Waals surface area contributed by atoms with Crippen molar-refractivity contribution in [2.75, 3.05) is 0 Å². The highest BCUT2D eigenvalue weighted by Gasteiger charge is 2.14. The summed E-state index contributed by atoms with van der Waals surface area (Å²) in [6.07, 6.45) is 8.07. The number of carbonyl (C=O) groups is 1.